The van der Waals surface area contributed by atoms with Crippen molar-refractivity contribution >= 4 is 11.9 Å². The van der Waals surface area contributed by atoms with Gasteiger partial charge in [-0.25, -0.2) is 4.99 Å². The molecule has 2 fully saturated rings. The summed E-state index contributed by atoms with van der Waals surface area (Å²) < 4.78 is 0. The number of benzene rings is 1. The van der Waals surface area contributed by atoms with Crippen molar-refractivity contribution in [2.24, 2.45) is 4.99 Å². The van der Waals surface area contributed by atoms with Crippen molar-refractivity contribution in [2.45, 2.75) is 70.4 Å². The van der Waals surface area contributed by atoms with Crippen molar-refractivity contribution in [1.29, 1.82) is 0 Å². The van der Waals surface area contributed by atoms with Crippen LogP contribution < -0.4 is 16.0 Å². The topological polar surface area (TPSA) is 68.8 Å². The number of amides is 1. The molecule has 1 aliphatic carbocycles. The van der Waals surface area contributed by atoms with Gasteiger partial charge >= 0.3 is 0 Å². The van der Waals surface area contributed by atoms with Crippen LogP contribution in [0.4, 0.5) is 0 Å². The molecular weight excluding hydrogens is 374 g/mol. The number of aliphatic imine (C=N–C) groups is 1. The van der Waals surface area contributed by atoms with Gasteiger partial charge < -0.3 is 16.0 Å². The minimum atomic E-state index is -0.0633. The molecular formula is C24H39N5O. The van der Waals surface area contributed by atoms with E-state index in [4.69, 9.17) is 4.99 Å². The van der Waals surface area contributed by atoms with Crippen molar-refractivity contribution in [3.63, 3.8) is 0 Å². The molecule has 0 radical (unpaired) electrons. The second kappa shape index (κ2) is 11.3. The molecule has 3 rings (SSSR count). The Hall–Kier alpha value is -2.08. The van der Waals surface area contributed by atoms with E-state index in [1.807, 2.05) is 24.3 Å². The van der Waals surface area contributed by atoms with Crippen LogP contribution in [0.15, 0.2) is 29.3 Å². The predicted molar refractivity (Wildman–Crippen MR) is 124 cm³/mol. The number of rotatable bonds is 7. The van der Waals surface area contributed by atoms with E-state index in [-0.39, 0.29) is 11.4 Å². The Morgan fingerprint density at radius 1 is 1.07 bits per heavy atom. The van der Waals surface area contributed by atoms with Crippen molar-refractivity contribution in [3.05, 3.63) is 35.4 Å². The molecule has 1 saturated carbocycles. The molecule has 1 heterocycles. The quantitative estimate of drug-likeness (QED) is 0.474. The van der Waals surface area contributed by atoms with E-state index in [1.54, 1.807) is 7.05 Å². The third-order valence-electron chi connectivity index (χ3n) is 6.58. The Labute approximate surface area is 181 Å². The fourth-order valence-electron chi connectivity index (χ4n) is 4.90. The summed E-state index contributed by atoms with van der Waals surface area (Å²) >= 11 is 0. The molecule has 1 aromatic rings. The zero-order chi connectivity index (χ0) is 21.2. The minimum absolute atomic E-state index is 0.0633. The molecule has 6 nitrogen and oxygen atoms in total. The lowest BCUT2D eigenvalue weighted by molar-refractivity contribution is 0.0368. The van der Waals surface area contributed by atoms with Crippen LogP contribution in [-0.4, -0.2) is 55.5 Å². The maximum absolute atomic E-state index is 11.9. The van der Waals surface area contributed by atoms with Gasteiger partial charge in [-0.05, 0) is 63.4 Å². The van der Waals surface area contributed by atoms with Crippen LogP contribution in [0.5, 0.6) is 0 Å². The van der Waals surface area contributed by atoms with Gasteiger partial charge in [-0.1, -0.05) is 37.8 Å². The maximum atomic E-state index is 11.9. The number of likely N-dealkylation sites (tertiary alicyclic amines) is 1. The second-order valence-corrected chi connectivity index (χ2v) is 8.66. The van der Waals surface area contributed by atoms with E-state index in [0.29, 0.717) is 12.1 Å². The molecule has 0 unspecified atom stereocenters. The first-order valence-electron chi connectivity index (χ1n) is 11.7. The summed E-state index contributed by atoms with van der Waals surface area (Å²) in [6.07, 6.45) is 10.6. The Balaban J connectivity index is 1.67. The van der Waals surface area contributed by atoms with Crippen LogP contribution in [0.2, 0.25) is 0 Å². The van der Waals surface area contributed by atoms with Gasteiger partial charge in [-0.3, -0.25) is 9.69 Å². The lowest BCUT2D eigenvalue weighted by Gasteiger charge is -2.48. The average molecular weight is 414 g/mol. The van der Waals surface area contributed by atoms with Crippen molar-refractivity contribution in [1.82, 2.24) is 20.9 Å². The van der Waals surface area contributed by atoms with Crippen molar-refractivity contribution < 1.29 is 4.79 Å². The van der Waals surface area contributed by atoms with E-state index in [9.17, 15) is 4.79 Å². The molecule has 166 valence electrons. The molecule has 6 heteroatoms. The molecule has 1 amide bonds. The van der Waals surface area contributed by atoms with Gasteiger partial charge in [0.15, 0.2) is 5.96 Å². The first-order chi connectivity index (χ1) is 14.7. The average Bonchev–Trinajstić information content (AvgIpc) is 2.81. The normalized spacial score (nSPS) is 19.9. The van der Waals surface area contributed by atoms with Gasteiger partial charge in [0.2, 0.25) is 0 Å². The summed E-state index contributed by atoms with van der Waals surface area (Å²) in [7, 11) is 1.66. The van der Waals surface area contributed by atoms with Crippen LogP contribution in [-0.2, 0) is 6.54 Å². The highest BCUT2D eigenvalue weighted by Crippen LogP contribution is 2.35. The first kappa shape index (κ1) is 22.6. The van der Waals surface area contributed by atoms with E-state index in [1.165, 1.54) is 64.5 Å². The van der Waals surface area contributed by atoms with Crippen molar-refractivity contribution in [3.8, 4) is 0 Å². The Bertz CT molecular complexity index is 705. The maximum Gasteiger partial charge on any atom is 0.251 e. The number of guanidine groups is 1. The largest absolute Gasteiger partial charge is 0.357 e. The van der Waals surface area contributed by atoms with Gasteiger partial charge in [0.1, 0.15) is 0 Å². The van der Waals surface area contributed by atoms with E-state index < -0.39 is 0 Å². The van der Waals surface area contributed by atoms with Crippen LogP contribution in [0, 0.1) is 0 Å². The van der Waals surface area contributed by atoms with Crippen LogP contribution >= 0.6 is 0 Å². The number of nitrogens with one attached hydrogen (secondary N) is 3. The molecule has 1 aliphatic heterocycles. The number of carbonyl (C=O) groups is 1. The molecule has 0 bridgehead atoms. The predicted octanol–water partition coefficient (Wildman–Crippen LogP) is 3.29. The summed E-state index contributed by atoms with van der Waals surface area (Å²) in [5, 5.41) is 9.75. The van der Waals surface area contributed by atoms with Crippen LogP contribution in [0.25, 0.3) is 0 Å². The third-order valence-corrected chi connectivity index (χ3v) is 6.58. The lowest BCUT2D eigenvalue weighted by Crippen LogP contribution is -2.59. The lowest BCUT2D eigenvalue weighted by atomic mass is 9.79. The molecule has 0 atom stereocenters. The minimum Gasteiger partial charge on any atom is -0.357 e. The van der Waals surface area contributed by atoms with Gasteiger partial charge in [-0.15, -0.1) is 0 Å². The molecule has 2 aliphatic rings. The standard InChI is InChI=1S/C24H39N5O/c1-3-26-23(27-18-20-11-10-12-21(17-20)22(30)25-2)28-19-24(13-6-4-7-14-24)29-15-8-5-9-16-29/h10-12,17H,3-9,13-16,18-19H2,1-2H3,(H,25,30)(H2,26,27,28). The molecule has 30 heavy (non-hydrogen) atoms. The van der Waals surface area contributed by atoms with E-state index in [0.717, 1.165) is 24.6 Å². The highest BCUT2D eigenvalue weighted by Gasteiger charge is 2.38. The summed E-state index contributed by atoms with van der Waals surface area (Å²) in [5.41, 5.74) is 1.99. The number of carbonyl (C=O) groups excluding carboxylic acids is 1. The van der Waals surface area contributed by atoms with E-state index >= 15 is 0 Å². The zero-order valence-corrected chi connectivity index (χ0v) is 18.8. The van der Waals surface area contributed by atoms with Gasteiger partial charge in [-0.2, -0.15) is 0 Å². The van der Waals surface area contributed by atoms with Crippen LogP contribution in [0.1, 0.15) is 74.2 Å². The highest BCUT2D eigenvalue weighted by molar-refractivity contribution is 5.94. The van der Waals surface area contributed by atoms with Crippen LogP contribution in [0.3, 0.4) is 0 Å². The zero-order valence-electron chi connectivity index (χ0n) is 18.8. The monoisotopic (exact) mass is 413 g/mol. The van der Waals surface area contributed by atoms with Gasteiger partial charge in [0, 0.05) is 31.2 Å². The van der Waals surface area contributed by atoms with Crippen molar-refractivity contribution in [2.75, 3.05) is 33.2 Å². The summed E-state index contributed by atoms with van der Waals surface area (Å²) in [6.45, 7) is 6.92. The molecule has 0 aromatic heterocycles. The fraction of sp³-hybridized carbons (Fsp3) is 0.667. The Morgan fingerprint density at radius 3 is 2.50 bits per heavy atom. The first-order valence-corrected chi connectivity index (χ1v) is 11.7. The summed E-state index contributed by atoms with van der Waals surface area (Å²) in [6, 6.07) is 7.70. The highest BCUT2D eigenvalue weighted by atomic mass is 16.1. The Morgan fingerprint density at radius 2 is 1.80 bits per heavy atom. The SMILES string of the molecule is CCNC(=NCc1cccc(C(=O)NC)c1)NCC1(N2CCCCC2)CCCCC1. The fourth-order valence-corrected chi connectivity index (χ4v) is 4.90. The molecule has 0 spiro atoms. The number of hydrogen-bond acceptors (Lipinski definition) is 3. The molecule has 1 aromatic carbocycles. The van der Waals surface area contributed by atoms with Gasteiger partial charge in [0.05, 0.1) is 6.54 Å². The van der Waals surface area contributed by atoms with Gasteiger partial charge in [0.25, 0.3) is 5.91 Å². The van der Waals surface area contributed by atoms with E-state index in [2.05, 4.69) is 27.8 Å². The number of nitrogens with zero attached hydrogens (tertiary/aromatic N) is 2. The molecule has 3 N–H and O–H groups in total. The number of piperidine rings is 1. The Kier molecular flexibility index (Phi) is 8.55. The summed E-state index contributed by atoms with van der Waals surface area (Å²) in [4.78, 5) is 19.5. The smallest absolute Gasteiger partial charge is 0.251 e. The molecule has 1 saturated heterocycles. The second-order valence-electron chi connectivity index (χ2n) is 8.66. The summed E-state index contributed by atoms with van der Waals surface area (Å²) in [5.74, 6) is 0.802. The third kappa shape index (κ3) is 5.97. The number of hydrogen-bond donors (Lipinski definition) is 3.